The predicted octanol–water partition coefficient (Wildman–Crippen LogP) is 1.48. The highest BCUT2D eigenvalue weighted by molar-refractivity contribution is 6.08. The maximum atomic E-state index is 10.6. The number of methoxy groups -OCH3 is 1. The second-order valence-corrected chi connectivity index (χ2v) is 3.12. The van der Waals surface area contributed by atoms with Crippen molar-refractivity contribution in [2.24, 2.45) is 0 Å². The zero-order valence-corrected chi connectivity index (χ0v) is 9.07. The molecule has 0 heterocycles. The minimum atomic E-state index is -0.143. The van der Waals surface area contributed by atoms with Gasteiger partial charge in [0.2, 0.25) is 5.90 Å². The van der Waals surface area contributed by atoms with Crippen molar-refractivity contribution in [1.82, 2.24) is 5.32 Å². The molecule has 0 radical (unpaired) electrons. The summed E-state index contributed by atoms with van der Waals surface area (Å²) in [5, 5.41) is 10.3. The molecule has 84 valence electrons. The van der Waals surface area contributed by atoms with E-state index in [1.807, 2.05) is 30.3 Å². The first kappa shape index (κ1) is 12.0. The molecule has 0 saturated carbocycles. The van der Waals surface area contributed by atoms with E-state index in [0.29, 0.717) is 12.8 Å². The van der Waals surface area contributed by atoms with Crippen LogP contribution in [0.15, 0.2) is 42.1 Å². The first-order chi connectivity index (χ1) is 7.77. The Kier molecular flexibility index (Phi) is 4.79. The average molecular weight is 218 g/mol. The van der Waals surface area contributed by atoms with Gasteiger partial charge in [-0.15, -0.1) is 0 Å². The summed E-state index contributed by atoms with van der Waals surface area (Å²) in [5.74, 6) is -0.143. The van der Waals surface area contributed by atoms with Crippen molar-refractivity contribution in [3.05, 3.63) is 47.7 Å². The number of benzene rings is 1. The molecule has 0 bridgehead atoms. The van der Waals surface area contributed by atoms with E-state index in [4.69, 9.17) is 5.41 Å². The Morgan fingerprint density at radius 2 is 2.12 bits per heavy atom. The molecule has 4 heteroatoms. The van der Waals surface area contributed by atoms with Gasteiger partial charge in [0, 0.05) is 12.7 Å². The molecule has 1 aromatic carbocycles. The number of carbonyl (C=O) groups excluding carboxylic acids is 1. The summed E-state index contributed by atoms with van der Waals surface area (Å²) in [6.07, 6.45) is 2.07. The fourth-order valence-electron chi connectivity index (χ4n) is 1.15. The van der Waals surface area contributed by atoms with Crippen LogP contribution < -0.4 is 5.32 Å². The second kappa shape index (κ2) is 6.40. The van der Waals surface area contributed by atoms with Crippen LogP contribution in [0.5, 0.6) is 0 Å². The van der Waals surface area contributed by atoms with Gasteiger partial charge < -0.3 is 10.1 Å². The SMILES string of the molecule is COC(=N)/C(C=O)=C\NCc1ccccc1. The third-order valence-electron chi connectivity index (χ3n) is 2.00. The monoisotopic (exact) mass is 218 g/mol. The van der Waals surface area contributed by atoms with E-state index in [9.17, 15) is 4.79 Å². The highest BCUT2D eigenvalue weighted by Crippen LogP contribution is 1.98. The standard InChI is InChI=1S/C12H14N2O2/c1-16-12(13)11(9-15)8-14-7-10-5-3-2-4-6-10/h2-6,8-9,13-14H,7H2,1H3/b11-8-,13-12?. The lowest BCUT2D eigenvalue weighted by Crippen LogP contribution is -2.12. The topological polar surface area (TPSA) is 62.2 Å². The van der Waals surface area contributed by atoms with E-state index in [0.717, 1.165) is 5.56 Å². The molecule has 0 atom stereocenters. The van der Waals surface area contributed by atoms with Crippen LogP contribution in [-0.2, 0) is 16.1 Å². The van der Waals surface area contributed by atoms with Gasteiger partial charge in [-0.2, -0.15) is 0 Å². The highest BCUT2D eigenvalue weighted by atomic mass is 16.5. The lowest BCUT2D eigenvalue weighted by molar-refractivity contribution is -0.104. The number of hydrogen-bond acceptors (Lipinski definition) is 4. The van der Waals surface area contributed by atoms with Gasteiger partial charge in [0.15, 0.2) is 6.29 Å². The van der Waals surface area contributed by atoms with Crippen molar-refractivity contribution in [2.75, 3.05) is 7.11 Å². The minimum absolute atomic E-state index is 0.143. The van der Waals surface area contributed by atoms with Crippen LogP contribution in [0.4, 0.5) is 0 Å². The molecular weight excluding hydrogens is 204 g/mol. The molecule has 1 aromatic rings. The first-order valence-corrected chi connectivity index (χ1v) is 4.83. The predicted molar refractivity (Wildman–Crippen MR) is 62.2 cm³/mol. The third-order valence-corrected chi connectivity index (χ3v) is 2.00. The van der Waals surface area contributed by atoms with Gasteiger partial charge in [0.1, 0.15) is 0 Å². The maximum Gasteiger partial charge on any atom is 0.217 e. The molecular formula is C12H14N2O2. The molecule has 0 spiro atoms. The van der Waals surface area contributed by atoms with Crippen molar-refractivity contribution < 1.29 is 9.53 Å². The quantitative estimate of drug-likeness (QED) is 0.340. The van der Waals surface area contributed by atoms with Crippen molar-refractivity contribution in [2.45, 2.75) is 6.54 Å². The summed E-state index contributed by atoms with van der Waals surface area (Å²) in [6, 6.07) is 9.78. The second-order valence-electron chi connectivity index (χ2n) is 3.12. The van der Waals surface area contributed by atoms with Crippen LogP contribution in [0.25, 0.3) is 0 Å². The Morgan fingerprint density at radius 3 is 2.69 bits per heavy atom. The van der Waals surface area contributed by atoms with Gasteiger partial charge in [0.05, 0.1) is 12.7 Å². The van der Waals surface area contributed by atoms with E-state index in [1.54, 1.807) is 0 Å². The summed E-state index contributed by atoms with van der Waals surface area (Å²) in [4.78, 5) is 10.6. The lowest BCUT2D eigenvalue weighted by atomic mass is 10.2. The van der Waals surface area contributed by atoms with Crippen LogP contribution in [0.1, 0.15) is 5.56 Å². The third kappa shape index (κ3) is 3.57. The molecule has 0 aliphatic rings. The van der Waals surface area contributed by atoms with Gasteiger partial charge in [-0.1, -0.05) is 30.3 Å². The number of nitrogens with one attached hydrogen (secondary N) is 2. The Bertz CT molecular complexity index is 385. The van der Waals surface area contributed by atoms with Gasteiger partial charge in [0.25, 0.3) is 0 Å². The Hall–Kier alpha value is -2.10. The minimum Gasteiger partial charge on any atom is -0.481 e. The largest absolute Gasteiger partial charge is 0.481 e. The number of carbonyl (C=O) groups is 1. The number of aldehydes is 1. The summed E-state index contributed by atoms with van der Waals surface area (Å²) in [7, 11) is 1.36. The van der Waals surface area contributed by atoms with Crippen molar-refractivity contribution in [1.29, 1.82) is 5.41 Å². The maximum absolute atomic E-state index is 10.6. The van der Waals surface area contributed by atoms with E-state index < -0.39 is 0 Å². The normalized spacial score (nSPS) is 10.7. The molecule has 4 nitrogen and oxygen atoms in total. The summed E-state index contributed by atoms with van der Waals surface area (Å²) >= 11 is 0. The van der Waals surface area contributed by atoms with Crippen LogP contribution in [0.3, 0.4) is 0 Å². The average Bonchev–Trinajstić information content (AvgIpc) is 2.35. The number of rotatable bonds is 5. The molecule has 0 aliphatic heterocycles. The van der Waals surface area contributed by atoms with Crippen LogP contribution in [-0.4, -0.2) is 19.3 Å². The molecule has 0 unspecified atom stereocenters. The molecule has 0 amide bonds. The van der Waals surface area contributed by atoms with Gasteiger partial charge >= 0.3 is 0 Å². The van der Waals surface area contributed by atoms with Crippen LogP contribution >= 0.6 is 0 Å². The number of hydrogen-bond donors (Lipinski definition) is 2. The molecule has 1 rings (SSSR count). The zero-order valence-electron chi connectivity index (χ0n) is 9.07. The van der Waals surface area contributed by atoms with E-state index in [2.05, 4.69) is 10.1 Å². The first-order valence-electron chi connectivity index (χ1n) is 4.83. The van der Waals surface area contributed by atoms with Crippen LogP contribution in [0.2, 0.25) is 0 Å². The van der Waals surface area contributed by atoms with E-state index in [1.165, 1.54) is 13.3 Å². The van der Waals surface area contributed by atoms with E-state index >= 15 is 0 Å². The fourth-order valence-corrected chi connectivity index (χ4v) is 1.15. The lowest BCUT2D eigenvalue weighted by Gasteiger charge is -2.03. The molecule has 0 saturated heterocycles. The van der Waals surface area contributed by atoms with Gasteiger partial charge in [-0.05, 0) is 5.56 Å². The Labute approximate surface area is 94.4 Å². The number of ether oxygens (including phenoxy) is 1. The van der Waals surface area contributed by atoms with Crippen molar-refractivity contribution >= 4 is 12.2 Å². The zero-order chi connectivity index (χ0) is 11.8. The Morgan fingerprint density at radius 1 is 1.44 bits per heavy atom. The van der Waals surface area contributed by atoms with Crippen LogP contribution in [0, 0.1) is 5.41 Å². The summed E-state index contributed by atoms with van der Waals surface area (Å²) in [6.45, 7) is 0.606. The van der Waals surface area contributed by atoms with Gasteiger partial charge in [-0.25, -0.2) is 0 Å². The molecule has 0 fully saturated rings. The van der Waals surface area contributed by atoms with Crippen molar-refractivity contribution in [3.8, 4) is 0 Å². The summed E-state index contributed by atoms with van der Waals surface area (Å²) in [5.41, 5.74) is 1.30. The van der Waals surface area contributed by atoms with E-state index in [-0.39, 0.29) is 11.5 Å². The smallest absolute Gasteiger partial charge is 0.217 e. The molecule has 16 heavy (non-hydrogen) atoms. The molecule has 0 aromatic heterocycles. The fraction of sp³-hybridized carbons (Fsp3) is 0.167. The molecule has 2 N–H and O–H groups in total. The van der Waals surface area contributed by atoms with Gasteiger partial charge in [-0.3, -0.25) is 10.2 Å². The van der Waals surface area contributed by atoms with Crippen molar-refractivity contribution in [3.63, 3.8) is 0 Å². The molecule has 0 aliphatic carbocycles. The summed E-state index contributed by atoms with van der Waals surface area (Å²) < 4.78 is 4.65. The highest BCUT2D eigenvalue weighted by Gasteiger charge is 2.02. The Balaban J connectivity index is 2.53.